The highest BCUT2D eigenvalue weighted by Crippen LogP contribution is 2.15. The highest BCUT2D eigenvalue weighted by molar-refractivity contribution is 4.86. The number of aliphatic hydroxyl groups is 8. The van der Waals surface area contributed by atoms with Crippen molar-refractivity contribution in [3.63, 3.8) is 0 Å². The Balaban J connectivity index is 0.000000220. The van der Waals surface area contributed by atoms with Crippen LogP contribution in [0.2, 0.25) is 0 Å². The maximum atomic E-state index is 9.11. The average molecular weight is 328 g/mol. The van der Waals surface area contributed by atoms with E-state index in [4.69, 9.17) is 50.3 Å². The number of hydrogen-bond donors (Lipinski definition) is 8. The van der Waals surface area contributed by atoms with Crippen LogP contribution in [0, 0.1) is 0 Å². The van der Waals surface area contributed by atoms with Gasteiger partial charge in [0.15, 0.2) is 0 Å². The van der Waals surface area contributed by atoms with Crippen LogP contribution in [0.25, 0.3) is 0 Å². The first kappa shape index (κ1) is 19.6. The lowest BCUT2D eigenvalue weighted by Gasteiger charge is -2.34. The van der Waals surface area contributed by atoms with Gasteiger partial charge in [-0.25, -0.2) is 0 Å². The zero-order chi connectivity index (χ0) is 16.9. The molecule has 132 valence electrons. The van der Waals surface area contributed by atoms with Gasteiger partial charge in [0.25, 0.3) is 0 Å². The fourth-order valence-electron chi connectivity index (χ4n) is 2.06. The zero-order valence-corrected chi connectivity index (χ0v) is 11.8. The first-order chi connectivity index (χ1) is 10.3. The largest absolute Gasteiger partial charge is 0.394 e. The van der Waals surface area contributed by atoms with Crippen molar-refractivity contribution in [2.75, 3.05) is 26.4 Å². The van der Waals surface area contributed by atoms with Crippen LogP contribution in [0.3, 0.4) is 0 Å². The smallest absolute Gasteiger partial charge is 0.111 e. The van der Waals surface area contributed by atoms with Crippen molar-refractivity contribution >= 4 is 0 Å². The van der Waals surface area contributed by atoms with E-state index in [1.807, 2.05) is 0 Å². The quantitative estimate of drug-likeness (QED) is 0.244. The van der Waals surface area contributed by atoms with Gasteiger partial charge in [0.05, 0.1) is 26.4 Å². The lowest BCUT2D eigenvalue weighted by molar-refractivity contribution is -0.195. The molecule has 2 aliphatic heterocycles. The summed E-state index contributed by atoms with van der Waals surface area (Å²) in [6.45, 7) is -0.817. The highest BCUT2D eigenvalue weighted by Gasteiger charge is 2.37. The summed E-state index contributed by atoms with van der Waals surface area (Å²) in [5.41, 5.74) is 0. The molecule has 0 aromatic rings. The molecule has 0 spiro atoms. The Hall–Kier alpha value is -0.400. The van der Waals surface area contributed by atoms with Gasteiger partial charge in [0, 0.05) is 0 Å². The van der Waals surface area contributed by atoms with Crippen LogP contribution in [0.5, 0.6) is 0 Å². The predicted octanol–water partition coefficient (Wildman–Crippen LogP) is -5.08. The fourth-order valence-corrected chi connectivity index (χ4v) is 2.06. The molecular weight excluding hydrogens is 304 g/mol. The molecule has 2 rings (SSSR count). The normalized spacial score (nSPS) is 45.8. The summed E-state index contributed by atoms with van der Waals surface area (Å²) >= 11 is 0. The van der Waals surface area contributed by atoms with Gasteiger partial charge in [0.1, 0.15) is 48.8 Å². The van der Waals surface area contributed by atoms with E-state index in [1.54, 1.807) is 0 Å². The van der Waals surface area contributed by atoms with E-state index in [1.165, 1.54) is 0 Å². The van der Waals surface area contributed by atoms with Crippen LogP contribution in [0.1, 0.15) is 0 Å². The van der Waals surface area contributed by atoms with Gasteiger partial charge in [-0.05, 0) is 0 Å². The molecule has 2 heterocycles. The van der Waals surface area contributed by atoms with Crippen LogP contribution < -0.4 is 0 Å². The third-order valence-corrected chi connectivity index (χ3v) is 3.57. The minimum atomic E-state index is -1.22. The van der Waals surface area contributed by atoms with Crippen molar-refractivity contribution in [2.24, 2.45) is 0 Å². The maximum absolute atomic E-state index is 9.11. The monoisotopic (exact) mass is 328 g/mol. The lowest BCUT2D eigenvalue weighted by Crippen LogP contribution is -2.53. The molecule has 8 N–H and O–H groups in total. The minimum Gasteiger partial charge on any atom is -0.394 e. The van der Waals surface area contributed by atoms with Crippen molar-refractivity contribution in [3.8, 4) is 0 Å². The van der Waals surface area contributed by atoms with Gasteiger partial charge in [-0.15, -0.1) is 0 Å². The van der Waals surface area contributed by atoms with Crippen LogP contribution in [-0.2, 0) is 9.47 Å². The second-order valence-electron chi connectivity index (χ2n) is 5.21. The molecule has 0 aromatic carbocycles. The minimum absolute atomic E-state index is 0.0521. The molecule has 0 radical (unpaired) electrons. The molecule has 0 unspecified atom stereocenters. The van der Waals surface area contributed by atoms with Crippen LogP contribution in [0.4, 0.5) is 0 Å². The Kier molecular flexibility index (Phi) is 8.07. The van der Waals surface area contributed by atoms with Gasteiger partial charge >= 0.3 is 0 Å². The SMILES string of the molecule is OC[C@H]1OC[C@H](O)[C@@H](O)[C@@H]1O.OC[C@H]1OC[C@H](O)[C@@H](O)[C@@H]1O. The third-order valence-electron chi connectivity index (χ3n) is 3.57. The molecule has 0 bridgehead atoms. The molecule has 2 aliphatic rings. The Morgan fingerprint density at radius 2 is 0.909 bits per heavy atom. The maximum Gasteiger partial charge on any atom is 0.111 e. The zero-order valence-electron chi connectivity index (χ0n) is 11.8. The van der Waals surface area contributed by atoms with Crippen LogP contribution in [0.15, 0.2) is 0 Å². The lowest BCUT2D eigenvalue weighted by atomic mass is 10.0. The fraction of sp³-hybridized carbons (Fsp3) is 1.00. The molecule has 2 saturated heterocycles. The van der Waals surface area contributed by atoms with Crippen molar-refractivity contribution in [1.82, 2.24) is 0 Å². The van der Waals surface area contributed by atoms with E-state index in [0.29, 0.717) is 0 Å². The van der Waals surface area contributed by atoms with Crippen molar-refractivity contribution < 1.29 is 50.3 Å². The topological polar surface area (TPSA) is 180 Å². The molecule has 10 heteroatoms. The van der Waals surface area contributed by atoms with Gasteiger partial charge < -0.3 is 50.3 Å². The molecule has 8 atom stereocenters. The molecule has 0 aromatic heterocycles. The Morgan fingerprint density at radius 1 is 0.591 bits per heavy atom. The van der Waals surface area contributed by atoms with Gasteiger partial charge in [-0.2, -0.15) is 0 Å². The third kappa shape index (κ3) is 4.80. The first-order valence-electron chi connectivity index (χ1n) is 6.86. The van der Waals surface area contributed by atoms with Crippen molar-refractivity contribution in [1.29, 1.82) is 0 Å². The second-order valence-corrected chi connectivity index (χ2v) is 5.21. The van der Waals surface area contributed by atoms with E-state index in [9.17, 15) is 0 Å². The molecular formula is C12H24O10. The summed E-state index contributed by atoms with van der Waals surface area (Å²) < 4.78 is 9.62. The van der Waals surface area contributed by atoms with Crippen LogP contribution >= 0.6 is 0 Å². The second kappa shape index (κ2) is 9.03. The van der Waals surface area contributed by atoms with Gasteiger partial charge in [0.2, 0.25) is 0 Å². The molecule has 0 aliphatic carbocycles. The van der Waals surface area contributed by atoms with E-state index in [2.05, 4.69) is 0 Å². The van der Waals surface area contributed by atoms with Crippen molar-refractivity contribution in [3.05, 3.63) is 0 Å². The summed E-state index contributed by atoms with van der Waals surface area (Å²) in [6.07, 6.45) is -8.54. The average Bonchev–Trinajstić information content (AvgIpc) is 2.51. The summed E-state index contributed by atoms with van der Waals surface area (Å²) in [5.74, 6) is 0. The summed E-state index contributed by atoms with van der Waals surface area (Å²) in [4.78, 5) is 0. The van der Waals surface area contributed by atoms with E-state index in [-0.39, 0.29) is 26.4 Å². The first-order valence-corrected chi connectivity index (χ1v) is 6.86. The van der Waals surface area contributed by atoms with Gasteiger partial charge in [-0.3, -0.25) is 0 Å². The number of hydrogen-bond acceptors (Lipinski definition) is 10. The Labute approximate surface area is 126 Å². The van der Waals surface area contributed by atoms with Crippen molar-refractivity contribution in [2.45, 2.75) is 48.8 Å². The molecule has 0 amide bonds. The summed E-state index contributed by atoms with van der Waals surface area (Å²) in [5, 5.41) is 71.4. The number of aliphatic hydroxyl groups excluding tert-OH is 8. The summed E-state index contributed by atoms with van der Waals surface area (Å²) in [6, 6.07) is 0. The Morgan fingerprint density at radius 3 is 1.18 bits per heavy atom. The van der Waals surface area contributed by atoms with E-state index in [0.717, 1.165) is 0 Å². The molecule has 10 nitrogen and oxygen atoms in total. The standard InChI is InChI=1S/2C6H12O5/c2*7-1-4-6(10)5(9)3(8)2-11-4/h2*3-10H,1-2H2/t2*3-,4+,5+,6+/m00/s1. The molecule has 22 heavy (non-hydrogen) atoms. The Bertz CT molecular complexity index is 282. The number of ether oxygens (including phenoxy) is 2. The summed E-state index contributed by atoms with van der Waals surface area (Å²) in [7, 11) is 0. The van der Waals surface area contributed by atoms with E-state index >= 15 is 0 Å². The predicted molar refractivity (Wildman–Crippen MR) is 69.7 cm³/mol. The van der Waals surface area contributed by atoms with Crippen LogP contribution in [-0.4, -0.2) is 116 Å². The van der Waals surface area contributed by atoms with Gasteiger partial charge in [-0.1, -0.05) is 0 Å². The number of rotatable bonds is 2. The highest BCUT2D eigenvalue weighted by atomic mass is 16.5. The molecule has 2 fully saturated rings. The molecule has 0 saturated carbocycles. The van der Waals surface area contributed by atoms with E-state index < -0.39 is 48.8 Å².